The van der Waals surface area contributed by atoms with Gasteiger partial charge in [0.1, 0.15) is 5.75 Å². The highest BCUT2D eigenvalue weighted by Gasteiger charge is 2.24. The van der Waals surface area contributed by atoms with Crippen LogP contribution >= 0.6 is 0 Å². The van der Waals surface area contributed by atoms with Gasteiger partial charge in [0.25, 0.3) is 0 Å². The smallest absolute Gasteiger partial charge is 0.387 e. The third-order valence-corrected chi connectivity index (χ3v) is 4.15. The summed E-state index contributed by atoms with van der Waals surface area (Å²) in [4.78, 5) is 0. The first-order valence-corrected chi connectivity index (χ1v) is 7.31. The number of rotatable bonds is 5. The van der Waals surface area contributed by atoms with E-state index in [1.165, 1.54) is 19.3 Å². The van der Waals surface area contributed by atoms with E-state index < -0.39 is 6.61 Å². The average molecular weight is 283 g/mol. The van der Waals surface area contributed by atoms with E-state index in [0.29, 0.717) is 12.0 Å². The Labute approximate surface area is 119 Å². The second-order valence-corrected chi connectivity index (χ2v) is 5.91. The van der Waals surface area contributed by atoms with E-state index in [0.717, 1.165) is 18.0 Å². The minimum Gasteiger partial charge on any atom is -0.435 e. The Bertz CT molecular complexity index is 407. The molecular formula is C16H23F2NO. The third-order valence-electron chi connectivity index (χ3n) is 4.15. The van der Waals surface area contributed by atoms with Crippen LogP contribution in [0, 0.1) is 11.8 Å². The van der Waals surface area contributed by atoms with Gasteiger partial charge >= 0.3 is 6.61 Å². The molecule has 4 heteroatoms. The molecule has 0 radical (unpaired) electrons. The maximum atomic E-state index is 12.1. The van der Waals surface area contributed by atoms with Crippen molar-refractivity contribution in [2.45, 2.75) is 52.3 Å². The predicted molar refractivity (Wildman–Crippen MR) is 75.9 cm³/mol. The molecule has 1 aromatic rings. The molecule has 1 saturated carbocycles. The van der Waals surface area contributed by atoms with Gasteiger partial charge in [-0.15, -0.1) is 0 Å². The largest absolute Gasteiger partial charge is 0.435 e. The first kappa shape index (κ1) is 15.2. The average Bonchev–Trinajstić information content (AvgIpc) is 2.39. The van der Waals surface area contributed by atoms with Crippen LogP contribution in [0.4, 0.5) is 8.78 Å². The Kier molecular flexibility index (Phi) is 5.35. The van der Waals surface area contributed by atoms with E-state index >= 15 is 0 Å². The third kappa shape index (κ3) is 4.44. The lowest BCUT2D eigenvalue weighted by molar-refractivity contribution is -0.0498. The first-order valence-electron chi connectivity index (χ1n) is 7.31. The summed E-state index contributed by atoms with van der Waals surface area (Å²) in [5.41, 5.74) is 1.09. The van der Waals surface area contributed by atoms with Crippen molar-refractivity contribution in [3.8, 4) is 5.75 Å². The molecule has 1 aliphatic rings. The number of benzene rings is 1. The lowest BCUT2D eigenvalue weighted by Crippen LogP contribution is -2.38. The fourth-order valence-electron chi connectivity index (χ4n) is 3.01. The van der Waals surface area contributed by atoms with Crippen molar-refractivity contribution in [2.75, 3.05) is 0 Å². The molecule has 1 aliphatic carbocycles. The fraction of sp³-hybridized carbons (Fsp3) is 0.625. The monoisotopic (exact) mass is 283 g/mol. The highest BCUT2D eigenvalue weighted by atomic mass is 19.3. The molecule has 0 bridgehead atoms. The van der Waals surface area contributed by atoms with Crippen molar-refractivity contribution < 1.29 is 13.5 Å². The molecule has 0 spiro atoms. The van der Waals surface area contributed by atoms with Crippen LogP contribution in [0.3, 0.4) is 0 Å². The van der Waals surface area contributed by atoms with Gasteiger partial charge in [-0.1, -0.05) is 26.0 Å². The molecule has 1 fully saturated rings. The number of ether oxygens (including phenoxy) is 1. The number of halogens is 2. The van der Waals surface area contributed by atoms with E-state index in [-0.39, 0.29) is 5.75 Å². The zero-order chi connectivity index (χ0) is 14.5. The van der Waals surface area contributed by atoms with E-state index in [1.807, 2.05) is 12.1 Å². The Morgan fingerprint density at radius 2 is 1.90 bits per heavy atom. The van der Waals surface area contributed by atoms with Crippen molar-refractivity contribution >= 4 is 0 Å². The molecule has 2 rings (SSSR count). The van der Waals surface area contributed by atoms with Gasteiger partial charge in [0.15, 0.2) is 0 Å². The molecule has 2 nitrogen and oxygen atoms in total. The Morgan fingerprint density at radius 3 is 2.50 bits per heavy atom. The molecule has 112 valence electrons. The number of hydrogen-bond acceptors (Lipinski definition) is 2. The first-order chi connectivity index (χ1) is 9.54. The molecule has 20 heavy (non-hydrogen) atoms. The Hall–Kier alpha value is -1.16. The van der Waals surface area contributed by atoms with Gasteiger partial charge in [0, 0.05) is 12.6 Å². The summed E-state index contributed by atoms with van der Waals surface area (Å²) in [7, 11) is 0. The van der Waals surface area contributed by atoms with Crippen LogP contribution in [0.15, 0.2) is 24.3 Å². The van der Waals surface area contributed by atoms with Crippen LogP contribution in [-0.4, -0.2) is 12.7 Å². The van der Waals surface area contributed by atoms with Crippen molar-refractivity contribution in [2.24, 2.45) is 11.8 Å². The van der Waals surface area contributed by atoms with Crippen LogP contribution in [0.25, 0.3) is 0 Å². The van der Waals surface area contributed by atoms with Gasteiger partial charge in [-0.25, -0.2) is 0 Å². The number of nitrogens with one attached hydrogen (secondary N) is 1. The highest BCUT2D eigenvalue weighted by Crippen LogP contribution is 2.28. The molecule has 0 aliphatic heterocycles. The van der Waals surface area contributed by atoms with Crippen LogP contribution in [0.1, 0.15) is 38.7 Å². The van der Waals surface area contributed by atoms with Crippen LogP contribution < -0.4 is 10.1 Å². The van der Waals surface area contributed by atoms with Gasteiger partial charge in [0.2, 0.25) is 0 Å². The quantitative estimate of drug-likeness (QED) is 0.874. The summed E-state index contributed by atoms with van der Waals surface area (Å²) >= 11 is 0. The zero-order valence-electron chi connectivity index (χ0n) is 12.1. The molecule has 0 heterocycles. The molecule has 3 atom stereocenters. The standard InChI is InChI=1S/C16H23F2NO/c1-11-3-8-15(12(2)9-11)19-10-13-4-6-14(7-5-13)20-16(17)18/h4-7,11-12,15-16,19H,3,8-10H2,1-2H3. The lowest BCUT2D eigenvalue weighted by atomic mass is 9.80. The molecule has 1 aromatic carbocycles. The summed E-state index contributed by atoms with van der Waals surface area (Å²) in [5, 5.41) is 3.58. The summed E-state index contributed by atoms with van der Waals surface area (Å²) in [6.45, 7) is 2.63. The minimum absolute atomic E-state index is 0.212. The summed E-state index contributed by atoms with van der Waals surface area (Å²) in [6, 6.07) is 7.41. The second kappa shape index (κ2) is 7.02. The maximum Gasteiger partial charge on any atom is 0.387 e. The fourth-order valence-corrected chi connectivity index (χ4v) is 3.01. The van der Waals surface area contributed by atoms with E-state index in [4.69, 9.17) is 0 Å². The predicted octanol–water partition coefficient (Wildman–Crippen LogP) is 4.20. The van der Waals surface area contributed by atoms with Crippen molar-refractivity contribution in [3.05, 3.63) is 29.8 Å². The van der Waals surface area contributed by atoms with Crippen molar-refractivity contribution in [1.82, 2.24) is 5.32 Å². The maximum absolute atomic E-state index is 12.1. The lowest BCUT2D eigenvalue weighted by Gasteiger charge is -2.33. The van der Waals surface area contributed by atoms with Gasteiger partial charge < -0.3 is 10.1 Å². The topological polar surface area (TPSA) is 21.3 Å². The van der Waals surface area contributed by atoms with Gasteiger partial charge in [-0.2, -0.15) is 8.78 Å². The molecule has 3 unspecified atom stereocenters. The highest BCUT2D eigenvalue weighted by molar-refractivity contribution is 5.27. The Balaban J connectivity index is 1.82. The van der Waals surface area contributed by atoms with E-state index in [1.54, 1.807) is 12.1 Å². The summed E-state index contributed by atoms with van der Waals surface area (Å²) < 4.78 is 28.4. The SMILES string of the molecule is CC1CCC(NCc2ccc(OC(F)F)cc2)C(C)C1. The zero-order valence-corrected chi connectivity index (χ0v) is 12.1. The van der Waals surface area contributed by atoms with E-state index in [2.05, 4.69) is 23.9 Å². The van der Waals surface area contributed by atoms with Crippen LogP contribution in [-0.2, 0) is 6.54 Å². The van der Waals surface area contributed by atoms with Gasteiger partial charge in [-0.05, 0) is 48.8 Å². The number of alkyl halides is 2. The molecular weight excluding hydrogens is 260 g/mol. The van der Waals surface area contributed by atoms with Crippen molar-refractivity contribution in [1.29, 1.82) is 0 Å². The van der Waals surface area contributed by atoms with E-state index in [9.17, 15) is 8.78 Å². The van der Waals surface area contributed by atoms with Crippen LogP contribution in [0.2, 0.25) is 0 Å². The van der Waals surface area contributed by atoms with Crippen molar-refractivity contribution in [3.63, 3.8) is 0 Å². The molecule has 0 amide bonds. The number of hydrogen-bond donors (Lipinski definition) is 1. The molecule has 0 saturated heterocycles. The summed E-state index contributed by atoms with van der Waals surface area (Å²) in [5.74, 6) is 1.73. The normalized spacial score (nSPS) is 26.8. The second-order valence-electron chi connectivity index (χ2n) is 5.91. The molecule has 0 aromatic heterocycles. The van der Waals surface area contributed by atoms with Gasteiger partial charge in [-0.3, -0.25) is 0 Å². The Morgan fingerprint density at radius 1 is 1.20 bits per heavy atom. The minimum atomic E-state index is -2.76. The van der Waals surface area contributed by atoms with Gasteiger partial charge in [0.05, 0.1) is 0 Å². The molecule has 1 N–H and O–H groups in total. The summed E-state index contributed by atoms with van der Waals surface area (Å²) in [6.07, 6.45) is 3.77. The van der Waals surface area contributed by atoms with Crippen LogP contribution in [0.5, 0.6) is 5.75 Å².